The minimum absolute atomic E-state index is 0.122. The number of aliphatic imine (C=N–C) groups is 1. The standard InChI is InChI=1S/C13H17N5O2/c14-10-18(9-3-1-2-4-12(19)20)13(15)17-11-5-7-16-8-6-11/h5-8H,1-4,9H2,(H,19,20)(H2,15,16,17). The second-order valence-corrected chi connectivity index (χ2v) is 4.13. The first-order chi connectivity index (χ1) is 9.63. The molecule has 0 saturated carbocycles. The second-order valence-electron chi connectivity index (χ2n) is 4.13. The lowest BCUT2D eigenvalue weighted by Crippen LogP contribution is -2.34. The van der Waals surface area contributed by atoms with E-state index in [1.807, 2.05) is 6.19 Å². The zero-order valence-corrected chi connectivity index (χ0v) is 11.1. The van der Waals surface area contributed by atoms with Crippen molar-refractivity contribution < 1.29 is 9.90 Å². The third kappa shape index (κ3) is 5.82. The SMILES string of the molecule is N#CN(CCCCCC(=O)O)C(N)=Nc1ccncc1. The van der Waals surface area contributed by atoms with Crippen LogP contribution in [0.25, 0.3) is 0 Å². The predicted molar refractivity (Wildman–Crippen MR) is 73.9 cm³/mol. The maximum atomic E-state index is 10.4. The summed E-state index contributed by atoms with van der Waals surface area (Å²) in [6.07, 6.45) is 7.31. The number of rotatable bonds is 7. The summed E-state index contributed by atoms with van der Waals surface area (Å²) in [5.74, 6) is -0.683. The van der Waals surface area contributed by atoms with E-state index in [1.54, 1.807) is 24.5 Å². The molecule has 0 aliphatic heterocycles. The lowest BCUT2D eigenvalue weighted by Gasteiger charge is -2.13. The molecule has 1 heterocycles. The average molecular weight is 275 g/mol. The van der Waals surface area contributed by atoms with E-state index in [0.717, 1.165) is 6.42 Å². The van der Waals surface area contributed by atoms with Crippen molar-refractivity contribution in [3.63, 3.8) is 0 Å². The molecule has 0 bridgehead atoms. The molecule has 1 aromatic heterocycles. The number of unbranched alkanes of at least 4 members (excludes halogenated alkanes) is 2. The van der Waals surface area contributed by atoms with Gasteiger partial charge in [-0.15, -0.1) is 0 Å². The topological polar surface area (TPSA) is 116 Å². The van der Waals surface area contributed by atoms with E-state index >= 15 is 0 Å². The van der Waals surface area contributed by atoms with Crippen molar-refractivity contribution in [3.05, 3.63) is 24.5 Å². The molecule has 7 nitrogen and oxygen atoms in total. The fraction of sp³-hybridized carbons (Fsp3) is 0.385. The molecule has 0 aliphatic carbocycles. The summed E-state index contributed by atoms with van der Waals surface area (Å²) in [4.78, 5) is 19.6. The van der Waals surface area contributed by atoms with Crippen LogP contribution in [0.15, 0.2) is 29.5 Å². The lowest BCUT2D eigenvalue weighted by molar-refractivity contribution is -0.137. The smallest absolute Gasteiger partial charge is 0.303 e. The molecule has 0 fully saturated rings. The molecule has 1 aromatic rings. The third-order valence-corrected chi connectivity index (χ3v) is 2.58. The highest BCUT2D eigenvalue weighted by molar-refractivity contribution is 5.82. The Morgan fingerprint density at radius 2 is 2.10 bits per heavy atom. The number of guanidine groups is 1. The van der Waals surface area contributed by atoms with Crippen LogP contribution in [0.3, 0.4) is 0 Å². The Morgan fingerprint density at radius 1 is 1.40 bits per heavy atom. The molecule has 0 amide bonds. The summed E-state index contributed by atoms with van der Waals surface area (Å²) in [5, 5.41) is 17.5. The number of nitrogens with zero attached hydrogens (tertiary/aromatic N) is 4. The van der Waals surface area contributed by atoms with E-state index < -0.39 is 5.97 Å². The van der Waals surface area contributed by atoms with Crippen LogP contribution < -0.4 is 5.73 Å². The van der Waals surface area contributed by atoms with Gasteiger partial charge in [0.25, 0.3) is 0 Å². The van der Waals surface area contributed by atoms with E-state index in [1.165, 1.54) is 4.90 Å². The van der Waals surface area contributed by atoms with Crippen LogP contribution in [0.1, 0.15) is 25.7 Å². The fourth-order valence-electron chi connectivity index (χ4n) is 1.55. The number of carbonyl (C=O) groups is 1. The quantitative estimate of drug-likeness (QED) is 0.256. The van der Waals surface area contributed by atoms with Gasteiger partial charge in [0.1, 0.15) is 0 Å². The maximum Gasteiger partial charge on any atom is 0.303 e. The molecular formula is C13H17N5O2. The highest BCUT2D eigenvalue weighted by Crippen LogP contribution is 2.09. The number of carboxylic acid groups (broad SMARTS) is 1. The van der Waals surface area contributed by atoms with Crippen LogP contribution in [0.4, 0.5) is 5.69 Å². The molecular weight excluding hydrogens is 258 g/mol. The molecule has 0 aliphatic rings. The molecule has 0 saturated heterocycles. The van der Waals surface area contributed by atoms with Gasteiger partial charge < -0.3 is 10.8 Å². The van der Waals surface area contributed by atoms with Crippen LogP contribution >= 0.6 is 0 Å². The first kappa shape index (κ1) is 15.4. The van der Waals surface area contributed by atoms with Crippen LogP contribution in [-0.4, -0.2) is 33.5 Å². The van der Waals surface area contributed by atoms with Crippen molar-refractivity contribution in [3.8, 4) is 6.19 Å². The van der Waals surface area contributed by atoms with E-state index in [-0.39, 0.29) is 12.4 Å². The highest BCUT2D eigenvalue weighted by atomic mass is 16.4. The summed E-state index contributed by atoms with van der Waals surface area (Å²) in [7, 11) is 0. The Bertz CT molecular complexity index is 495. The Labute approximate surface area is 117 Å². The summed E-state index contributed by atoms with van der Waals surface area (Å²) >= 11 is 0. The molecule has 1 rings (SSSR count). The van der Waals surface area contributed by atoms with Crippen LogP contribution in [0, 0.1) is 11.5 Å². The van der Waals surface area contributed by atoms with Gasteiger partial charge in [0, 0.05) is 25.4 Å². The van der Waals surface area contributed by atoms with Crippen molar-refractivity contribution in [1.29, 1.82) is 5.26 Å². The normalized spacial score (nSPS) is 10.8. The van der Waals surface area contributed by atoms with Crippen molar-refractivity contribution in [2.75, 3.05) is 6.54 Å². The van der Waals surface area contributed by atoms with E-state index in [2.05, 4.69) is 9.98 Å². The van der Waals surface area contributed by atoms with Crippen molar-refractivity contribution in [1.82, 2.24) is 9.88 Å². The number of carboxylic acids is 1. The third-order valence-electron chi connectivity index (χ3n) is 2.58. The zero-order valence-electron chi connectivity index (χ0n) is 11.1. The van der Waals surface area contributed by atoms with Crippen LogP contribution in [0.5, 0.6) is 0 Å². The number of aromatic nitrogens is 1. The summed E-state index contributed by atoms with van der Waals surface area (Å²) in [6, 6.07) is 3.38. The molecule has 20 heavy (non-hydrogen) atoms. The molecule has 0 spiro atoms. The molecule has 0 aromatic carbocycles. The van der Waals surface area contributed by atoms with Crippen molar-refractivity contribution >= 4 is 17.6 Å². The van der Waals surface area contributed by atoms with Crippen molar-refractivity contribution in [2.45, 2.75) is 25.7 Å². The molecule has 0 radical (unpaired) electrons. The fourth-order valence-corrected chi connectivity index (χ4v) is 1.55. The number of hydrogen-bond donors (Lipinski definition) is 2. The van der Waals surface area contributed by atoms with Crippen LogP contribution in [0.2, 0.25) is 0 Å². The Balaban J connectivity index is 2.44. The van der Waals surface area contributed by atoms with Gasteiger partial charge in [-0.1, -0.05) is 6.42 Å². The maximum absolute atomic E-state index is 10.4. The summed E-state index contributed by atoms with van der Waals surface area (Å²) in [6.45, 7) is 0.427. The average Bonchev–Trinajstić information content (AvgIpc) is 2.43. The molecule has 0 atom stereocenters. The van der Waals surface area contributed by atoms with Gasteiger partial charge >= 0.3 is 5.97 Å². The van der Waals surface area contributed by atoms with Gasteiger partial charge in [-0.25, -0.2) is 9.89 Å². The van der Waals surface area contributed by atoms with Gasteiger partial charge in [-0.3, -0.25) is 9.78 Å². The van der Waals surface area contributed by atoms with Gasteiger partial charge in [0.15, 0.2) is 6.19 Å². The molecule has 106 valence electrons. The predicted octanol–water partition coefficient (Wildman–Crippen LogP) is 1.46. The zero-order chi connectivity index (χ0) is 14.8. The van der Waals surface area contributed by atoms with Gasteiger partial charge in [0.05, 0.1) is 5.69 Å². The van der Waals surface area contributed by atoms with Gasteiger partial charge in [0.2, 0.25) is 5.96 Å². The largest absolute Gasteiger partial charge is 0.481 e. The summed E-state index contributed by atoms with van der Waals surface area (Å²) < 4.78 is 0. The monoisotopic (exact) mass is 275 g/mol. The lowest BCUT2D eigenvalue weighted by atomic mass is 10.2. The highest BCUT2D eigenvalue weighted by Gasteiger charge is 2.07. The molecule has 0 unspecified atom stereocenters. The minimum atomic E-state index is -0.805. The number of aliphatic carboxylic acids is 1. The second kappa shape index (κ2) is 8.48. The van der Waals surface area contributed by atoms with Gasteiger partial charge in [-0.2, -0.15) is 5.26 Å². The Hall–Kier alpha value is -2.62. The van der Waals surface area contributed by atoms with E-state index in [4.69, 9.17) is 16.1 Å². The Kier molecular flexibility index (Phi) is 6.54. The van der Waals surface area contributed by atoms with Crippen LogP contribution in [-0.2, 0) is 4.79 Å². The molecule has 3 N–H and O–H groups in total. The minimum Gasteiger partial charge on any atom is -0.481 e. The molecule has 7 heteroatoms. The number of pyridine rings is 1. The Morgan fingerprint density at radius 3 is 2.70 bits per heavy atom. The number of hydrogen-bond acceptors (Lipinski definition) is 4. The summed E-state index contributed by atoms with van der Waals surface area (Å²) in [5.41, 5.74) is 6.39. The van der Waals surface area contributed by atoms with E-state index in [9.17, 15) is 4.79 Å². The first-order valence-electron chi connectivity index (χ1n) is 6.26. The van der Waals surface area contributed by atoms with Gasteiger partial charge in [-0.05, 0) is 25.0 Å². The van der Waals surface area contributed by atoms with E-state index in [0.29, 0.717) is 25.1 Å². The number of nitrogens with two attached hydrogens (primary N) is 1. The van der Waals surface area contributed by atoms with Crippen molar-refractivity contribution in [2.24, 2.45) is 10.7 Å². The first-order valence-corrected chi connectivity index (χ1v) is 6.26. The number of nitriles is 1.